The van der Waals surface area contributed by atoms with Gasteiger partial charge in [-0.2, -0.15) is 4.98 Å². The Bertz CT molecular complexity index is 657. The number of hydrogen-bond acceptors (Lipinski definition) is 5. The summed E-state index contributed by atoms with van der Waals surface area (Å²) in [6, 6.07) is 10.9. The van der Waals surface area contributed by atoms with Gasteiger partial charge in [-0.25, -0.2) is 5.84 Å². The van der Waals surface area contributed by atoms with Crippen molar-refractivity contribution in [2.45, 2.75) is 12.8 Å². The second-order valence-corrected chi connectivity index (χ2v) is 4.47. The van der Waals surface area contributed by atoms with E-state index in [4.69, 9.17) is 10.6 Å². The van der Waals surface area contributed by atoms with Gasteiger partial charge in [-0.15, -0.1) is 0 Å². The lowest BCUT2D eigenvalue weighted by molar-refractivity contribution is -0.116. The third-order valence-electron chi connectivity index (χ3n) is 3.07. The molecule has 6 nitrogen and oxygen atoms in total. The largest absolute Gasteiger partial charge is 0.439 e. The molecule has 0 saturated heterocycles. The molecule has 20 heavy (non-hydrogen) atoms. The average Bonchev–Trinajstić information content (AvgIpc) is 2.47. The third kappa shape index (κ3) is 2.55. The molecule has 6 heteroatoms. The number of anilines is 2. The second-order valence-electron chi connectivity index (χ2n) is 4.47. The first kappa shape index (κ1) is 12.4. The minimum atomic E-state index is 0.0505. The van der Waals surface area contributed by atoms with Crippen molar-refractivity contribution >= 4 is 17.4 Å². The van der Waals surface area contributed by atoms with Gasteiger partial charge in [0.05, 0.1) is 0 Å². The van der Waals surface area contributed by atoms with E-state index in [0.29, 0.717) is 23.9 Å². The van der Waals surface area contributed by atoms with Gasteiger partial charge in [-0.3, -0.25) is 4.79 Å². The predicted molar refractivity (Wildman–Crippen MR) is 75.5 cm³/mol. The monoisotopic (exact) mass is 270 g/mol. The molecule has 2 aromatic rings. The van der Waals surface area contributed by atoms with Crippen LogP contribution in [0, 0.1) is 0 Å². The van der Waals surface area contributed by atoms with Crippen molar-refractivity contribution in [1.82, 2.24) is 4.98 Å². The zero-order chi connectivity index (χ0) is 13.9. The maximum Gasteiger partial charge on any atom is 0.224 e. The first-order valence-electron chi connectivity index (χ1n) is 6.29. The molecular formula is C14H14N4O2. The number of pyridine rings is 1. The number of rotatable bonds is 3. The number of benzene rings is 1. The summed E-state index contributed by atoms with van der Waals surface area (Å²) in [4.78, 5) is 15.5. The average molecular weight is 270 g/mol. The number of fused-ring (bicyclic) bond motifs is 1. The molecule has 0 spiro atoms. The SMILES string of the molecule is NNc1cccc(Oc2ccc3c(c2)CCC(=O)N3)n1. The second kappa shape index (κ2) is 5.18. The molecule has 0 saturated carbocycles. The number of amides is 1. The molecule has 1 aliphatic heterocycles. The van der Waals surface area contributed by atoms with Gasteiger partial charge < -0.3 is 15.5 Å². The third-order valence-corrected chi connectivity index (χ3v) is 3.07. The molecule has 2 heterocycles. The molecule has 0 bridgehead atoms. The fourth-order valence-corrected chi connectivity index (χ4v) is 2.10. The van der Waals surface area contributed by atoms with Gasteiger partial charge in [0.25, 0.3) is 0 Å². The van der Waals surface area contributed by atoms with Crippen molar-refractivity contribution in [2.75, 3.05) is 10.7 Å². The maximum atomic E-state index is 11.3. The van der Waals surface area contributed by atoms with E-state index >= 15 is 0 Å². The zero-order valence-corrected chi connectivity index (χ0v) is 10.7. The quantitative estimate of drug-likeness (QED) is 0.586. The molecule has 102 valence electrons. The smallest absolute Gasteiger partial charge is 0.224 e. The first-order valence-corrected chi connectivity index (χ1v) is 6.29. The van der Waals surface area contributed by atoms with Crippen LogP contribution in [0.25, 0.3) is 0 Å². The molecule has 4 N–H and O–H groups in total. The van der Waals surface area contributed by atoms with Crippen molar-refractivity contribution in [1.29, 1.82) is 0 Å². The number of ether oxygens (including phenoxy) is 1. The van der Waals surface area contributed by atoms with E-state index in [0.717, 1.165) is 17.7 Å². The van der Waals surface area contributed by atoms with Gasteiger partial charge in [0.1, 0.15) is 11.6 Å². The summed E-state index contributed by atoms with van der Waals surface area (Å²) in [5.41, 5.74) is 4.38. The van der Waals surface area contributed by atoms with Crippen LogP contribution in [0.4, 0.5) is 11.5 Å². The van der Waals surface area contributed by atoms with E-state index < -0.39 is 0 Å². The Kier molecular flexibility index (Phi) is 3.22. The number of nitrogens with one attached hydrogen (secondary N) is 2. The molecule has 0 radical (unpaired) electrons. The summed E-state index contributed by atoms with van der Waals surface area (Å²) < 4.78 is 5.69. The molecule has 1 aromatic carbocycles. The highest BCUT2D eigenvalue weighted by Gasteiger charge is 2.15. The summed E-state index contributed by atoms with van der Waals surface area (Å²) in [6.45, 7) is 0. The van der Waals surface area contributed by atoms with Gasteiger partial charge in [-0.05, 0) is 36.2 Å². The van der Waals surface area contributed by atoms with Crippen LogP contribution in [0.3, 0.4) is 0 Å². The Hall–Kier alpha value is -2.60. The van der Waals surface area contributed by atoms with E-state index in [9.17, 15) is 4.79 Å². The highest BCUT2D eigenvalue weighted by atomic mass is 16.5. The topological polar surface area (TPSA) is 89.3 Å². The molecule has 0 unspecified atom stereocenters. The number of carbonyl (C=O) groups excluding carboxylic acids is 1. The van der Waals surface area contributed by atoms with Crippen molar-refractivity contribution in [3.8, 4) is 11.6 Å². The van der Waals surface area contributed by atoms with Gasteiger partial charge in [0.2, 0.25) is 11.8 Å². The van der Waals surface area contributed by atoms with Crippen molar-refractivity contribution < 1.29 is 9.53 Å². The van der Waals surface area contributed by atoms with Crippen molar-refractivity contribution in [2.24, 2.45) is 5.84 Å². The maximum absolute atomic E-state index is 11.3. The Morgan fingerprint density at radius 2 is 2.15 bits per heavy atom. The van der Waals surface area contributed by atoms with Crippen molar-refractivity contribution in [3.05, 3.63) is 42.0 Å². The summed E-state index contributed by atoms with van der Waals surface area (Å²) in [7, 11) is 0. The van der Waals surface area contributed by atoms with E-state index in [2.05, 4.69) is 15.7 Å². The highest BCUT2D eigenvalue weighted by molar-refractivity contribution is 5.94. The van der Waals surface area contributed by atoms with Gasteiger partial charge in [0.15, 0.2) is 0 Å². The Balaban J connectivity index is 1.82. The Morgan fingerprint density at radius 3 is 3.00 bits per heavy atom. The van der Waals surface area contributed by atoms with E-state index in [-0.39, 0.29) is 5.91 Å². The van der Waals surface area contributed by atoms with Crippen LogP contribution >= 0.6 is 0 Å². The summed E-state index contributed by atoms with van der Waals surface area (Å²) >= 11 is 0. The normalized spacial score (nSPS) is 13.3. The summed E-state index contributed by atoms with van der Waals surface area (Å²) in [5.74, 6) is 7.03. The zero-order valence-electron chi connectivity index (χ0n) is 10.7. The minimum Gasteiger partial charge on any atom is -0.439 e. The number of nitrogens with zero attached hydrogens (tertiary/aromatic N) is 1. The molecular weight excluding hydrogens is 256 g/mol. The number of carbonyl (C=O) groups is 1. The fourth-order valence-electron chi connectivity index (χ4n) is 2.10. The Morgan fingerprint density at radius 1 is 1.25 bits per heavy atom. The minimum absolute atomic E-state index is 0.0505. The number of aryl methyl sites for hydroxylation is 1. The number of nitrogen functional groups attached to an aromatic ring is 1. The van der Waals surface area contributed by atoms with Crippen LogP contribution < -0.4 is 21.3 Å². The van der Waals surface area contributed by atoms with E-state index in [1.807, 2.05) is 12.1 Å². The van der Waals surface area contributed by atoms with E-state index in [1.54, 1.807) is 24.3 Å². The molecule has 1 aliphatic rings. The van der Waals surface area contributed by atoms with Gasteiger partial charge >= 0.3 is 0 Å². The number of hydrazine groups is 1. The molecule has 3 rings (SSSR count). The summed E-state index contributed by atoms with van der Waals surface area (Å²) in [6.07, 6.45) is 1.22. The standard InChI is InChI=1S/C14H14N4O2/c15-18-12-2-1-3-14(17-12)20-10-5-6-11-9(8-10)4-7-13(19)16-11/h1-3,5-6,8H,4,7,15H2,(H,16,19)(H,17,18). The summed E-state index contributed by atoms with van der Waals surface area (Å²) in [5, 5.41) is 2.83. The molecule has 1 aromatic heterocycles. The lowest BCUT2D eigenvalue weighted by Gasteiger charge is -2.17. The molecule has 0 atom stereocenters. The van der Waals surface area contributed by atoms with Crippen LogP contribution in [0.5, 0.6) is 11.6 Å². The number of hydrogen-bond donors (Lipinski definition) is 3. The lowest BCUT2D eigenvalue weighted by atomic mass is 10.0. The van der Waals surface area contributed by atoms with Crippen LogP contribution in [-0.2, 0) is 11.2 Å². The van der Waals surface area contributed by atoms with Crippen LogP contribution in [0.1, 0.15) is 12.0 Å². The lowest BCUT2D eigenvalue weighted by Crippen LogP contribution is -2.18. The Labute approximate surface area is 115 Å². The molecule has 0 aliphatic carbocycles. The molecule has 1 amide bonds. The van der Waals surface area contributed by atoms with Gasteiger partial charge in [-0.1, -0.05) is 6.07 Å². The van der Waals surface area contributed by atoms with Crippen LogP contribution in [0.2, 0.25) is 0 Å². The predicted octanol–water partition coefficient (Wildman–Crippen LogP) is 2.04. The van der Waals surface area contributed by atoms with Crippen LogP contribution in [-0.4, -0.2) is 10.9 Å². The van der Waals surface area contributed by atoms with Gasteiger partial charge in [0, 0.05) is 18.2 Å². The number of aromatic nitrogens is 1. The van der Waals surface area contributed by atoms with Crippen LogP contribution in [0.15, 0.2) is 36.4 Å². The fraction of sp³-hybridized carbons (Fsp3) is 0.143. The highest BCUT2D eigenvalue weighted by Crippen LogP contribution is 2.29. The molecule has 0 fully saturated rings. The van der Waals surface area contributed by atoms with Crippen molar-refractivity contribution in [3.63, 3.8) is 0 Å². The number of nitrogens with two attached hydrogens (primary N) is 1. The first-order chi connectivity index (χ1) is 9.74. The van der Waals surface area contributed by atoms with E-state index in [1.165, 1.54) is 0 Å².